The molecule has 1 aromatic heterocycles. The molecule has 0 aliphatic carbocycles. The van der Waals surface area contributed by atoms with Crippen molar-refractivity contribution in [1.82, 2.24) is 9.88 Å². The van der Waals surface area contributed by atoms with Crippen LogP contribution in [-0.4, -0.2) is 40.7 Å². The van der Waals surface area contributed by atoms with Crippen molar-refractivity contribution < 1.29 is 13.9 Å². The highest BCUT2D eigenvalue weighted by Gasteiger charge is 2.33. The van der Waals surface area contributed by atoms with E-state index in [0.717, 1.165) is 5.52 Å². The van der Waals surface area contributed by atoms with Crippen LogP contribution in [0.3, 0.4) is 0 Å². The molecule has 1 aliphatic heterocycles. The van der Waals surface area contributed by atoms with Gasteiger partial charge in [-0.3, -0.25) is 0 Å². The highest BCUT2D eigenvalue weighted by molar-refractivity contribution is 5.91. The number of hydrogen-bond donors (Lipinski definition) is 1. The van der Waals surface area contributed by atoms with Crippen LogP contribution >= 0.6 is 0 Å². The van der Waals surface area contributed by atoms with E-state index in [1.807, 2.05) is 32.9 Å². The minimum absolute atomic E-state index is 0.0221. The van der Waals surface area contributed by atoms with Gasteiger partial charge in [-0.15, -0.1) is 0 Å². The van der Waals surface area contributed by atoms with E-state index < -0.39 is 0 Å². The number of hydrogen-bond acceptors (Lipinski definition) is 4. The SMILES string of the molecule is Cc1nc2ccc(NC(=O)N3C[C@H](C)OC(C)(C)C3)cc2o1. The topological polar surface area (TPSA) is 67.6 Å². The third-order valence-electron chi connectivity index (χ3n) is 3.60. The van der Waals surface area contributed by atoms with Gasteiger partial charge in [0.25, 0.3) is 0 Å². The predicted octanol–water partition coefficient (Wildman–Crippen LogP) is 3.17. The Labute approximate surface area is 129 Å². The van der Waals surface area contributed by atoms with Crippen molar-refractivity contribution >= 4 is 22.8 Å². The highest BCUT2D eigenvalue weighted by Crippen LogP contribution is 2.23. The summed E-state index contributed by atoms with van der Waals surface area (Å²) in [6, 6.07) is 5.34. The van der Waals surface area contributed by atoms with Crippen LogP contribution < -0.4 is 5.32 Å². The van der Waals surface area contributed by atoms with E-state index in [9.17, 15) is 4.79 Å². The number of amides is 2. The number of anilines is 1. The Bertz CT molecular complexity index is 708. The van der Waals surface area contributed by atoms with Gasteiger partial charge in [-0.25, -0.2) is 9.78 Å². The number of urea groups is 1. The molecule has 0 unspecified atom stereocenters. The van der Waals surface area contributed by atoms with Gasteiger partial charge in [-0.2, -0.15) is 0 Å². The number of aryl methyl sites for hydroxylation is 1. The lowest BCUT2D eigenvalue weighted by Crippen LogP contribution is -2.54. The number of ether oxygens (including phenoxy) is 1. The molecule has 22 heavy (non-hydrogen) atoms. The predicted molar refractivity (Wildman–Crippen MR) is 84.0 cm³/mol. The third kappa shape index (κ3) is 3.06. The van der Waals surface area contributed by atoms with Gasteiger partial charge in [0.2, 0.25) is 0 Å². The molecule has 1 aliphatic rings. The number of aromatic nitrogens is 1. The molecule has 6 heteroatoms. The molecule has 6 nitrogen and oxygen atoms in total. The molecule has 1 fully saturated rings. The Kier molecular flexibility index (Phi) is 3.56. The first-order valence-corrected chi connectivity index (χ1v) is 7.43. The molecule has 1 atom stereocenters. The van der Waals surface area contributed by atoms with E-state index in [-0.39, 0.29) is 17.7 Å². The summed E-state index contributed by atoms with van der Waals surface area (Å²) in [5.74, 6) is 0.613. The van der Waals surface area contributed by atoms with Crippen molar-refractivity contribution in [3.8, 4) is 0 Å². The summed E-state index contributed by atoms with van der Waals surface area (Å²) in [7, 11) is 0. The summed E-state index contributed by atoms with van der Waals surface area (Å²) in [5.41, 5.74) is 1.83. The number of oxazole rings is 1. The fourth-order valence-electron chi connectivity index (χ4n) is 2.93. The van der Waals surface area contributed by atoms with Crippen LogP contribution in [0.1, 0.15) is 26.7 Å². The Balaban J connectivity index is 1.74. The first-order chi connectivity index (χ1) is 10.3. The maximum atomic E-state index is 12.5. The third-order valence-corrected chi connectivity index (χ3v) is 3.60. The van der Waals surface area contributed by atoms with Crippen molar-refractivity contribution in [2.24, 2.45) is 0 Å². The van der Waals surface area contributed by atoms with E-state index in [1.54, 1.807) is 17.9 Å². The maximum Gasteiger partial charge on any atom is 0.322 e. The molecule has 0 spiro atoms. The van der Waals surface area contributed by atoms with Crippen molar-refractivity contribution in [1.29, 1.82) is 0 Å². The van der Waals surface area contributed by atoms with Gasteiger partial charge in [0, 0.05) is 25.2 Å². The van der Waals surface area contributed by atoms with Crippen LogP contribution in [0.5, 0.6) is 0 Å². The molecule has 2 aromatic rings. The molecule has 0 saturated carbocycles. The summed E-state index contributed by atoms with van der Waals surface area (Å²) >= 11 is 0. The smallest absolute Gasteiger partial charge is 0.322 e. The number of benzene rings is 1. The second-order valence-corrected chi connectivity index (χ2v) is 6.41. The molecule has 2 heterocycles. The fourth-order valence-corrected chi connectivity index (χ4v) is 2.93. The van der Waals surface area contributed by atoms with Crippen LogP contribution in [0.25, 0.3) is 11.1 Å². The van der Waals surface area contributed by atoms with Crippen LogP contribution in [-0.2, 0) is 4.74 Å². The molecule has 1 aromatic carbocycles. The van der Waals surface area contributed by atoms with Crippen LogP contribution in [0.2, 0.25) is 0 Å². The minimum Gasteiger partial charge on any atom is -0.441 e. The number of carbonyl (C=O) groups is 1. The Hall–Kier alpha value is -2.08. The van der Waals surface area contributed by atoms with Gasteiger partial charge in [0.15, 0.2) is 11.5 Å². The van der Waals surface area contributed by atoms with E-state index in [4.69, 9.17) is 9.15 Å². The van der Waals surface area contributed by atoms with E-state index in [2.05, 4.69) is 10.3 Å². The fraction of sp³-hybridized carbons (Fsp3) is 0.500. The lowest BCUT2D eigenvalue weighted by molar-refractivity contribution is -0.116. The van der Waals surface area contributed by atoms with E-state index in [1.165, 1.54) is 0 Å². The number of carbonyl (C=O) groups excluding carboxylic acids is 1. The zero-order valence-corrected chi connectivity index (χ0v) is 13.3. The summed E-state index contributed by atoms with van der Waals surface area (Å²) in [6.45, 7) is 8.91. The Morgan fingerprint density at radius 1 is 1.45 bits per heavy atom. The molecule has 1 saturated heterocycles. The number of rotatable bonds is 1. The number of morpholine rings is 1. The average Bonchev–Trinajstić information content (AvgIpc) is 2.75. The van der Waals surface area contributed by atoms with E-state index >= 15 is 0 Å². The quantitative estimate of drug-likeness (QED) is 0.878. The molecular formula is C16H21N3O3. The molecule has 0 radical (unpaired) electrons. The first-order valence-electron chi connectivity index (χ1n) is 7.43. The minimum atomic E-state index is -0.332. The van der Waals surface area contributed by atoms with Crippen molar-refractivity contribution in [2.75, 3.05) is 18.4 Å². The molecule has 2 amide bonds. The van der Waals surface area contributed by atoms with Crippen molar-refractivity contribution in [3.05, 3.63) is 24.1 Å². The monoisotopic (exact) mass is 303 g/mol. The van der Waals surface area contributed by atoms with Crippen molar-refractivity contribution in [3.63, 3.8) is 0 Å². The largest absolute Gasteiger partial charge is 0.441 e. The lowest BCUT2D eigenvalue weighted by atomic mass is 10.1. The Morgan fingerprint density at radius 2 is 2.23 bits per heavy atom. The van der Waals surface area contributed by atoms with Gasteiger partial charge in [-0.1, -0.05) is 0 Å². The molecule has 1 N–H and O–H groups in total. The molecule has 118 valence electrons. The summed E-state index contributed by atoms with van der Waals surface area (Å²) in [6.07, 6.45) is 0.0221. The lowest BCUT2D eigenvalue weighted by Gasteiger charge is -2.41. The standard InChI is InChI=1S/C16H21N3O3/c1-10-8-19(9-16(3,4)22-10)15(20)18-12-5-6-13-14(7-12)21-11(2)17-13/h5-7,10H,8-9H2,1-4H3,(H,18,20)/t10-/m0/s1. The van der Waals surface area contributed by atoms with Crippen LogP contribution in [0.15, 0.2) is 22.6 Å². The molecule has 3 rings (SSSR count). The normalized spacial score (nSPS) is 21.1. The summed E-state index contributed by atoms with van der Waals surface area (Å²) in [4.78, 5) is 18.5. The number of nitrogens with one attached hydrogen (secondary N) is 1. The Morgan fingerprint density at radius 3 is 2.95 bits per heavy atom. The average molecular weight is 303 g/mol. The van der Waals surface area contributed by atoms with Crippen LogP contribution in [0.4, 0.5) is 10.5 Å². The molecule has 0 bridgehead atoms. The second-order valence-electron chi connectivity index (χ2n) is 6.41. The van der Waals surface area contributed by atoms with Gasteiger partial charge in [0.05, 0.1) is 18.2 Å². The summed E-state index contributed by atoms with van der Waals surface area (Å²) in [5, 5.41) is 2.92. The maximum absolute atomic E-state index is 12.5. The molecular weight excluding hydrogens is 282 g/mol. The number of nitrogens with zero attached hydrogens (tertiary/aromatic N) is 2. The zero-order valence-electron chi connectivity index (χ0n) is 13.3. The zero-order chi connectivity index (χ0) is 15.9. The highest BCUT2D eigenvalue weighted by atomic mass is 16.5. The van der Waals surface area contributed by atoms with Gasteiger partial charge in [0.1, 0.15) is 5.52 Å². The van der Waals surface area contributed by atoms with E-state index in [0.29, 0.717) is 30.3 Å². The van der Waals surface area contributed by atoms with Gasteiger partial charge >= 0.3 is 6.03 Å². The summed E-state index contributed by atoms with van der Waals surface area (Å²) < 4.78 is 11.3. The van der Waals surface area contributed by atoms with Gasteiger partial charge in [-0.05, 0) is 32.9 Å². The number of fused-ring (bicyclic) bond motifs is 1. The second kappa shape index (κ2) is 5.28. The first kappa shape index (κ1) is 14.8. The van der Waals surface area contributed by atoms with Gasteiger partial charge < -0.3 is 19.4 Å². The van der Waals surface area contributed by atoms with Crippen molar-refractivity contribution in [2.45, 2.75) is 39.4 Å². The van der Waals surface area contributed by atoms with Crippen LogP contribution in [0, 0.1) is 6.92 Å².